The number of nitrogens with two attached hydrogens (primary N) is 1. The number of nitrogens with one attached hydrogen (secondary N) is 1. The van der Waals surface area contributed by atoms with Crippen LogP contribution in [0, 0.1) is 6.92 Å². The summed E-state index contributed by atoms with van der Waals surface area (Å²) >= 11 is 5.75. The van der Waals surface area contributed by atoms with Gasteiger partial charge in [0.25, 0.3) is 5.56 Å². The lowest BCUT2D eigenvalue weighted by atomic mass is 10.2. The Kier molecular flexibility index (Phi) is 3.01. The molecule has 0 aliphatic rings. The zero-order valence-corrected chi connectivity index (χ0v) is 9.78. The van der Waals surface area contributed by atoms with Crippen molar-refractivity contribution in [3.05, 3.63) is 45.5 Å². The van der Waals surface area contributed by atoms with Crippen LogP contribution in [0.1, 0.15) is 5.56 Å². The van der Waals surface area contributed by atoms with E-state index in [1.165, 1.54) is 6.33 Å². The zero-order valence-electron chi connectivity index (χ0n) is 9.03. The number of benzene rings is 1. The highest BCUT2D eigenvalue weighted by atomic mass is 35.5. The second-order valence-electron chi connectivity index (χ2n) is 3.47. The number of ether oxygens (including phenoxy) is 1. The lowest BCUT2D eigenvalue weighted by Crippen LogP contribution is -2.07. The summed E-state index contributed by atoms with van der Waals surface area (Å²) in [6, 6.07) is 5.19. The lowest BCUT2D eigenvalue weighted by molar-refractivity contribution is 0.461. The van der Waals surface area contributed by atoms with Gasteiger partial charge in [-0.3, -0.25) is 4.79 Å². The number of nitrogens with zero attached hydrogens (tertiary/aromatic N) is 1. The van der Waals surface area contributed by atoms with Crippen molar-refractivity contribution in [1.29, 1.82) is 0 Å². The van der Waals surface area contributed by atoms with Gasteiger partial charge in [0.2, 0.25) is 5.88 Å². The summed E-state index contributed by atoms with van der Waals surface area (Å²) in [4.78, 5) is 17.4. The molecule has 0 amide bonds. The summed E-state index contributed by atoms with van der Waals surface area (Å²) in [7, 11) is 0. The summed E-state index contributed by atoms with van der Waals surface area (Å²) in [5.41, 5.74) is 6.84. The van der Waals surface area contributed by atoms with E-state index in [0.717, 1.165) is 5.56 Å². The molecule has 0 saturated carbocycles. The fourth-order valence-electron chi connectivity index (χ4n) is 1.23. The molecule has 0 fully saturated rings. The summed E-state index contributed by atoms with van der Waals surface area (Å²) < 4.78 is 5.38. The molecule has 88 valence electrons. The highest BCUT2D eigenvalue weighted by Gasteiger charge is 2.08. The van der Waals surface area contributed by atoms with Crippen LogP contribution >= 0.6 is 11.6 Å². The molecule has 1 aromatic heterocycles. The number of anilines is 1. The van der Waals surface area contributed by atoms with E-state index < -0.39 is 5.56 Å². The third-order valence-corrected chi connectivity index (χ3v) is 2.56. The Morgan fingerprint density at radius 3 is 2.94 bits per heavy atom. The van der Waals surface area contributed by atoms with Crippen LogP contribution in [-0.4, -0.2) is 9.97 Å². The van der Waals surface area contributed by atoms with E-state index in [4.69, 9.17) is 22.1 Å². The largest absolute Gasteiger partial charge is 0.437 e. The first-order chi connectivity index (χ1) is 8.08. The number of H-pyrrole nitrogens is 1. The van der Waals surface area contributed by atoms with Crippen molar-refractivity contribution in [2.45, 2.75) is 6.92 Å². The third kappa shape index (κ3) is 2.39. The Labute approximate surface area is 102 Å². The van der Waals surface area contributed by atoms with E-state index in [9.17, 15) is 4.79 Å². The van der Waals surface area contributed by atoms with Crippen molar-refractivity contribution in [2.75, 3.05) is 5.73 Å². The maximum Gasteiger partial charge on any atom is 0.273 e. The molecule has 2 aromatic rings. The first-order valence-electron chi connectivity index (χ1n) is 4.85. The fraction of sp³-hybridized carbons (Fsp3) is 0.0909. The van der Waals surface area contributed by atoms with Gasteiger partial charge in [-0.2, -0.15) is 0 Å². The van der Waals surface area contributed by atoms with Gasteiger partial charge in [-0.05, 0) is 18.6 Å². The zero-order chi connectivity index (χ0) is 12.4. The summed E-state index contributed by atoms with van der Waals surface area (Å²) in [6.45, 7) is 1.89. The average Bonchev–Trinajstić information content (AvgIpc) is 2.30. The fourth-order valence-corrected chi connectivity index (χ4v) is 1.37. The van der Waals surface area contributed by atoms with Crippen molar-refractivity contribution < 1.29 is 4.74 Å². The first kappa shape index (κ1) is 11.5. The van der Waals surface area contributed by atoms with Crippen molar-refractivity contribution in [3.63, 3.8) is 0 Å². The number of aromatic nitrogens is 2. The van der Waals surface area contributed by atoms with Gasteiger partial charge in [0.15, 0.2) is 5.02 Å². The van der Waals surface area contributed by atoms with Gasteiger partial charge in [-0.15, -0.1) is 0 Å². The molecule has 0 unspecified atom stereocenters. The molecule has 0 atom stereocenters. The number of halogens is 1. The molecule has 0 aliphatic carbocycles. The summed E-state index contributed by atoms with van der Waals surface area (Å²) in [5.74, 6) is 0.534. The number of aromatic amines is 1. The van der Waals surface area contributed by atoms with Crippen LogP contribution in [0.25, 0.3) is 0 Å². The second kappa shape index (κ2) is 4.47. The minimum absolute atomic E-state index is 0.0543. The summed E-state index contributed by atoms with van der Waals surface area (Å²) in [6.07, 6.45) is 1.22. The van der Waals surface area contributed by atoms with Crippen molar-refractivity contribution in [2.24, 2.45) is 0 Å². The Bertz CT molecular complexity index is 610. The minimum atomic E-state index is -0.447. The normalized spacial score (nSPS) is 10.2. The van der Waals surface area contributed by atoms with Gasteiger partial charge in [0.05, 0.1) is 6.33 Å². The van der Waals surface area contributed by atoms with E-state index in [2.05, 4.69) is 9.97 Å². The molecule has 0 radical (unpaired) electrons. The number of hydrogen-bond acceptors (Lipinski definition) is 4. The second-order valence-corrected chi connectivity index (χ2v) is 3.85. The Balaban J connectivity index is 2.35. The lowest BCUT2D eigenvalue weighted by Gasteiger charge is -2.07. The third-order valence-electron chi connectivity index (χ3n) is 2.23. The van der Waals surface area contributed by atoms with Gasteiger partial charge < -0.3 is 15.5 Å². The maximum atomic E-state index is 11.2. The Morgan fingerprint density at radius 1 is 1.47 bits per heavy atom. The van der Waals surface area contributed by atoms with E-state index >= 15 is 0 Å². The predicted octanol–water partition coefficient (Wildman–Crippen LogP) is 2.11. The Morgan fingerprint density at radius 2 is 2.24 bits per heavy atom. The molecule has 0 saturated heterocycles. The Hall–Kier alpha value is -2.01. The molecule has 1 heterocycles. The van der Waals surface area contributed by atoms with Crippen LogP contribution in [-0.2, 0) is 0 Å². The molecule has 6 heteroatoms. The van der Waals surface area contributed by atoms with Crippen molar-refractivity contribution in [1.82, 2.24) is 9.97 Å². The maximum absolute atomic E-state index is 11.2. The highest BCUT2D eigenvalue weighted by molar-refractivity contribution is 6.31. The first-order valence-corrected chi connectivity index (χ1v) is 5.23. The number of aryl methyl sites for hydroxylation is 1. The van der Waals surface area contributed by atoms with Crippen LogP contribution < -0.4 is 16.0 Å². The number of rotatable bonds is 2. The monoisotopic (exact) mass is 251 g/mol. The molecule has 1 aromatic carbocycles. The molecule has 3 N–H and O–H groups in total. The van der Waals surface area contributed by atoms with Gasteiger partial charge in [0.1, 0.15) is 5.75 Å². The number of nitrogen functional groups attached to an aromatic ring is 1. The van der Waals surface area contributed by atoms with Crippen molar-refractivity contribution >= 4 is 17.3 Å². The average molecular weight is 252 g/mol. The van der Waals surface area contributed by atoms with E-state index in [1.807, 2.05) is 13.0 Å². The van der Waals surface area contributed by atoms with E-state index in [-0.39, 0.29) is 10.9 Å². The molecule has 0 aliphatic heterocycles. The van der Waals surface area contributed by atoms with Crippen LogP contribution in [0.5, 0.6) is 11.6 Å². The van der Waals surface area contributed by atoms with Gasteiger partial charge in [-0.25, -0.2) is 4.98 Å². The van der Waals surface area contributed by atoms with Gasteiger partial charge in [0, 0.05) is 11.8 Å². The van der Waals surface area contributed by atoms with Crippen molar-refractivity contribution in [3.8, 4) is 11.6 Å². The molecule has 17 heavy (non-hydrogen) atoms. The SMILES string of the molecule is Cc1ccc(Oc2nc[nH]c(=O)c2Cl)cc1N. The minimum Gasteiger partial charge on any atom is -0.437 e. The smallest absolute Gasteiger partial charge is 0.273 e. The quantitative estimate of drug-likeness (QED) is 0.801. The molecule has 0 spiro atoms. The van der Waals surface area contributed by atoms with E-state index in [1.54, 1.807) is 12.1 Å². The van der Waals surface area contributed by atoms with Gasteiger partial charge >= 0.3 is 0 Å². The predicted molar refractivity (Wildman–Crippen MR) is 65.5 cm³/mol. The molecule has 5 nitrogen and oxygen atoms in total. The van der Waals surface area contributed by atoms with E-state index in [0.29, 0.717) is 11.4 Å². The van der Waals surface area contributed by atoms with Gasteiger partial charge in [-0.1, -0.05) is 17.7 Å². The van der Waals surface area contributed by atoms with Crippen LogP contribution in [0.2, 0.25) is 5.02 Å². The van der Waals surface area contributed by atoms with Crippen LogP contribution in [0.15, 0.2) is 29.3 Å². The highest BCUT2D eigenvalue weighted by Crippen LogP contribution is 2.26. The molecule has 2 rings (SSSR count). The molecular formula is C11H10ClN3O2. The van der Waals surface area contributed by atoms with Crippen LogP contribution in [0.3, 0.4) is 0 Å². The molecular weight excluding hydrogens is 242 g/mol. The standard InChI is InChI=1S/C11H10ClN3O2/c1-6-2-3-7(4-8(6)13)17-11-9(12)10(16)14-5-15-11/h2-5H,13H2,1H3,(H,14,15,16). The topological polar surface area (TPSA) is 81.0 Å². The van der Waals surface area contributed by atoms with Crippen LogP contribution in [0.4, 0.5) is 5.69 Å². The number of hydrogen-bond donors (Lipinski definition) is 2. The summed E-state index contributed by atoms with van der Waals surface area (Å²) in [5, 5.41) is -0.0911. The molecule has 0 bridgehead atoms.